The molecule has 2 aromatic rings. The quantitative estimate of drug-likeness (QED) is 0.795. The van der Waals surface area contributed by atoms with Crippen molar-refractivity contribution in [3.05, 3.63) is 47.0 Å². The normalized spacial score (nSPS) is 10.7. The summed E-state index contributed by atoms with van der Waals surface area (Å²) in [7, 11) is 1.37. The number of rotatable bonds is 5. The maximum atomic E-state index is 13.4. The van der Waals surface area contributed by atoms with Gasteiger partial charge < -0.3 is 4.74 Å². The van der Waals surface area contributed by atoms with Crippen LogP contribution >= 0.6 is 0 Å². The van der Waals surface area contributed by atoms with Gasteiger partial charge in [-0.1, -0.05) is 19.9 Å². The van der Waals surface area contributed by atoms with Crippen molar-refractivity contribution in [2.75, 3.05) is 7.11 Å². The standard InChI is InChI=1S/C16H19FN2O2/c1-4-14-13(10-16(20)21-3)15(5-2)19(18-14)12-8-6-7-11(17)9-12/h6-9H,4-5,10H2,1-3H3. The van der Waals surface area contributed by atoms with Crippen LogP contribution in [0.25, 0.3) is 5.69 Å². The van der Waals surface area contributed by atoms with E-state index >= 15 is 0 Å². The van der Waals surface area contributed by atoms with E-state index in [1.165, 1.54) is 19.2 Å². The molecule has 1 aromatic heterocycles. The third kappa shape index (κ3) is 3.12. The molecule has 0 N–H and O–H groups in total. The van der Waals surface area contributed by atoms with Gasteiger partial charge in [0.25, 0.3) is 0 Å². The molecular weight excluding hydrogens is 271 g/mol. The lowest BCUT2D eigenvalue weighted by Gasteiger charge is -2.07. The molecule has 0 aliphatic rings. The Kier molecular flexibility index (Phi) is 4.73. The van der Waals surface area contributed by atoms with Crippen molar-refractivity contribution >= 4 is 5.97 Å². The van der Waals surface area contributed by atoms with E-state index in [1.54, 1.807) is 16.8 Å². The van der Waals surface area contributed by atoms with Gasteiger partial charge in [0.15, 0.2) is 0 Å². The fourth-order valence-electron chi connectivity index (χ4n) is 2.43. The number of aryl methyl sites for hydroxylation is 1. The summed E-state index contributed by atoms with van der Waals surface area (Å²) in [5.41, 5.74) is 3.32. The number of methoxy groups -OCH3 is 1. The summed E-state index contributed by atoms with van der Waals surface area (Å²) in [5.74, 6) is -0.601. The maximum absolute atomic E-state index is 13.4. The second kappa shape index (κ2) is 6.52. The Hall–Kier alpha value is -2.17. The minimum Gasteiger partial charge on any atom is -0.469 e. The molecule has 0 unspecified atom stereocenters. The molecule has 0 aliphatic heterocycles. The van der Waals surface area contributed by atoms with E-state index in [2.05, 4.69) is 5.10 Å². The van der Waals surface area contributed by atoms with Crippen LogP contribution in [0.15, 0.2) is 24.3 Å². The number of benzene rings is 1. The van der Waals surface area contributed by atoms with Gasteiger partial charge in [0.1, 0.15) is 5.82 Å². The smallest absolute Gasteiger partial charge is 0.310 e. The summed E-state index contributed by atoms with van der Waals surface area (Å²) in [6.45, 7) is 3.98. The minimum absolute atomic E-state index is 0.193. The average Bonchev–Trinajstić information content (AvgIpc) is 2.84. The van der Waals surface area contributed by atoms with Gasteiger partial charge in [0.2, 0.25) is 0 Å². The molecule has 4 nitrogen and oxygen atoms in total. The second-order valence-electron chi connectivity index (χ2n) is 4.72. The zero-order valence-electron chi connectivity index (χ0n) is 12.5. The van der Waals surface area contributed by atoms with E-state index in [9.17, 15) is 9.18 Å². The summed E-state index contributed by atoms with van der Waals surface area (Å²) in [5, 5.41) is 4.54. The lowest BCUT2D eigenvalue weighted by Crippen LogP contribution is -2.08. The molecule has 21 heavy (non-hydrogen) atoms. The van der Waals surface area contributed by atoms with E-state index in [-0.39, 0.29) is 18.2 Å². The van der Waals surface area contributed by atoms with Crippen LogP contribution in [-0.4, -0.2) is 22.9 Å². The Bertz CT molecular complexity index is 650. The van der Waals surface area contributed by atoms with Gasteiger partial charge in [-0.15, -0.1) is 0 Å². The van der Waals surface area contributed by atoms with Crippen molar-refractivity contribution in [3.8, 4) is 5.69 Å². The first kappa shape index (κ1) is 15.2. The molecule has 5 heteroatoms. The molecule has 0 spiro atoms. The Morgan fingerprint density at radius 3 is 2.67 bits per heavy atom. The van der Waals surface area contributed by atoms with Gasteiger partial charge >= 0.3 is 5.97 Å². The molecule has 1 heterocycles. The zero-order valence-corrected chi connectivity index (χ0v) is 12.5. The molecular formula is C16H19FN2O2. The van der Waals surface area contributed by atoms with Gasteiger partial charge in [-0.3, -0.25) is 4.79 Å². The average molecular weight is 290 g/mol. The van der Waals surface area contributed by atoms with E-state index < -0.39 is 0 Å². The number of hydrogen-bond acceptors (Lipinski definition) is 3. The van der Waals surface area contributed by atoms with Gasteiger partial charge in [-0.25, -0.2) is 9.07 Å². The van der Waals surface area contributed by atoms with Crippen LogP contribution < -0.4 is 0 Å². The first-order valence-electron chi connectivity index (χ1n) is 7.03. The summed E-state index contributed by atoms with van der Waals surface area (Å²) in [4.78, 5) is 11.6. The van der Waals surface area contributed by atoms with Crippen molar-refractivity contribution in [1.82, 2.24) is 9.78 Å². The fourth-order valence-corrected chi connectivity index (χ4v) is 2.43. The highest BCUT2D eigenvalue weighted by molar-refractivity contribution is 5.73. The van der Waals surface area contributed by atoms with Gasteiger partial charge in [0.05, 0.1) is 24.9 Å². The van der Waals surface area contributed by atoms with Crippen LogP contribution in [0, 0.1) is 5.82 Å². The number of carbonyl (C=O) groups excluding carboxylic acids is 1. The van der Waals surface area contributed by atoms with E-state index in [0.29, 0.717) is 18.5 Å². The number of ether oxygens (including phenoxy) is 1. The second-order valence-corrected chi connectivity index (χ2v) is 4.72. The molecule has 0 bridgehead atoms. The highest BCUT2D eigenvalue weighted by Gasteiger charge is 2.19. The Morgan fingerprint density at radius 2 is 2.10 bits per heavy atom. The van der Waals surface area contributed by atoms with Crippen molar-refractivity contribution in [2.24, 2.45) is 0 Å². The van der Waals surface area contributed by atoms with E-state index in [1.807, 2.05) is 13.8 Å². The van der Waals surface area contributed by atoms with Crippen LogP contribution in [0.1, 0.15) is 30.8 Å². The predicted octanol–water partition coefficient (Wildman–Crippen LogP) is 2.85. The molecule has 0 saturated carbocycles. The summed E-state index contributed by atoms with van der Waals surface area (Å²) in [6, 6.07) is 6.29. The minimum atomic E-state index is -0.308. The molecule has 0 fully saturated rings. The zero-order chi connectivity index (χ0) is 15.4. The number of carbonyl (C=O) groups is 1. The SMILES string of the molecule is CCc1nn(-c2cccc(F)c2)c(CC)c1CC(=O)OC. The van der Waals surface area contributed by atoms with E-state index in [4.69, 9.17) is 4.74 Å². The first-order chi connectivity index (χ1) is 10.1. The topological polar surface area (TPSA) is 44.1 Å². The van der Waals surface area contributed by atoms with E-state index in [0.717, 1.165) is 17.0 Å². The fraction of sp³-hybridized carbons (Fsp3) is 0.375. The van der Waals surface area contributed by atoms with Crippen LogP contribution in [0.2, 0.25) is 0 Å². The monoisotopic (exact) mass is 290 g/mol. The number of nitrogens with zero attached hydrogens (tertiary/aromatic N) is 2. The van der Waals surface area contributed by atoms with Gasteiger partial charge in [-0.2, -0.15) is 5.10 Å². The molecule has 1 aromatic carbocycles. The van der Waals surface area contributed by atoms with Crippen molar-refractivity contribution in [2.45, 2.75) is 33.1 Å². The van der Waals surface area contributed by atoms with Crippen molar-refractivity contribution in [1.29, 1.82) is 0 Å². The number of aromatic nitrogens is 2. The van der Waals surface area contributed by atoms with Crippen LogP contribution in [0.3, 0.4) is 0 Å². The summed E-state index contributed by atoms with van der Waals surface area (Å²) < 4.78 is 19.9. The van der Waals surface area contributed by atoms with Crippen LogP contribution in [-0.2, 0) is 28.8 Å². The highest BCUT2D eigenvalue weighted by atomic mass is 19.1. The molecule has 2 rings (SSSR count). The van der Waals surface area contributed by atoms with Crippen LogP contribution in [0.5, 0.6) is 0 Å². The Labute approximate surface area is 123 Å². The van der Waals surface area contributed by atoms with Gasteiger partial charge in [0, 0.05) is 11.3 Å². The Balaban J connectivity index is 2.54. The molecule has 0 radical (unpaired) electrons. The number of hydrogen-bond donors (Lipinski definition) is 0. The van der Waals surface area contributed by atoms with Crippen molar-refractivity contribution in [3.63, 3.8) is 0 Å². The maximum Gasteiger partial charge on any atom is 0.310 e. The molecule has 112 valence electrons. The molecule has 0 saturated heterocycles. The third-order valence-corrected chi connectivity index (χ3v) is 3.44. The van der Waals surface area contributed by atoms with Gasteiger partial charge in [-0.05, 0) is 31.0 Å². The number of esters is 1. The lowest BCUT2D eigenvalue weighted by atomic mass is 10.1. The molecule has 0 aliphatic carbocycles. The predicted molar refractivity (Wildman–Crippen MR) is 78.0 cm³/mol. The summed E-state index contributed by atoms with van der Waals surface area (Å²) in [6.07, 6.45) is 1.61. The van der Waals surface area contributed by atoms with Crippen LogP contribution in [0.4, 0.5) is 4.39 Å². The third-order valence-electron chi connectivity index (χ3n) is 3.44. The molecule has 0 amide bonds. The number of halogens is 1. The largest absolute Gasteiger partial charge is 0.469 e. The Morgan fingerprint density at radius 1 is 1.33 bits per heavy atom. The summed E-state index contributed by atoms with van der Waals surface area (Å²) >= 11 is 0. The first-order valence-corrected chi connectivity index (χ1v) is 7.03. The lowest BCUT2D eigenvalue weighted by molar-refractivity contribution is -0.139. The molecule has 0 atom stereocenters. The van der Waals surface area contributed by atoms with Crippen molar-refractivity contribution < 1.29 is 13.9 Å². The highest BCUT2D eigenvalue weighted by Crippen LogP contribution is 2.21.